The summed E-state index contributed by atoms with van der Waals surface area (Å²) in [5.74, 6) is 0. The van der Waals surface area contributed by atoms with Crippen LogP contribution in [-0.2, 0) is 4.84 Å². The molecule has 58 valence electrons. The molecule has 0 fully saturated rings. The van der Waals surface area contributed by atoms with E-state index in [-0.39, 0.29) is 0 Å². The third kappa shape index (κ3) is 5.31. The molecule has 0 aromatic heterocycles. The van der Waals surface area contributed by atoms with Crippen LogP contribution in [0.3, 0.4) is 0 Å². The normalized spacial score (nSPS) is 12.5. The summed E-state index contributed by atoms with van der Waals surface area (Å²) < 4.78 is 0. The average Bonchev–Trinajstić information content (AvgIpc) is 1.98. The maximum Gasteiger partial charge on any atom is 0.135 e. The molecule has 10 heavy (non-hydrogen) atoms. The quantitative estimate of drug-likeness (QED) is 0.274. The highest BCUT2D eigenvalue weighted by atomic mass is 16.6. The molecule has 0 radical (unpaired) electrons. The Bertz CT molecular complexity index is 130. The first-order chi connectivity index (χ1) is 4.81. The number of hydrogen-bond donors (Lipinski definition) is 1. The molecule has 0 unspecified atom stereocenters. The van der Waals surface area contributed by atoms with E-state index in [2.05, 4.69) is 5.16 Å². The summed E-state index contributed by atoms with van der Waals surface area (Å²) in [4.78, 5) is 4.85. The summed E-state index contributed by atoms with van der Waals surface area (Å²) in [5.41, 5.74) is 6.07. The van der Waals surface area contributed by atoms with E-state index in [1.165, 1.54) is 0 Å². The molecule has 0 aromatic carbocycles. The van der Waals surface area contributed by atoms with Crippen molar-refractivity contribution < 1.29 is 4.84 Å². The zero-order valence-electron chi connectivity index (χ0n) is 6.50. The maximum atomic E-state index is 5.26. The van der Waals surface area contributed by atoms with Gasteiger partial charge in [0.2, 0.25) is 0 Å². The highest BCUT2D eigenvalue weighted by Gasteiger charge is 1.83. The van der Waals surface area contributed by atoms with E-state index in [1.807, 2.05) is 26.0 Å². The van der Waals surface area contributed by atoms with Crippen LogP contribution < -0.4 is 5.73 Å². The van der Waals surface area contributed by atoms with Crippen LogP contribution in [0, 0.1) is 0 Å². The zero-order chi connectivity index (χ0) is 7.82. The lowest BCUT2D eigenvalue weighted by atomic mass is 10.4. The Kier molecular flexibility index (Phi) is 5.77. The van der Waals surface area contributed by atoms with E-state index in [4.69, 9.17) is 10.6 Å². The Morgan fingerprint density at radius 2 is 2.40 bits per heavy atom. The van der Waals surface area contributed by atoms with E-state index >= 15 is 0 Å². The molecule has 0 saturated carbocycles. The Morgan fingerprint density at radius 3 is 2.90 bits per heavy atom. The van der Waals surface area contributed by atoms with Crippen LogP contribution in [-0.4, -0.2) is 18.9 Å². The molecule has 2 N–H and O–H groups in total. The van der Waals surface area contributed by atoms with Gasteiger partial charge in [0.15, 0.2) is 0 Å². The van der Waals surface area contributed by atoms with E-state index in [1.54, 1.807) is 0 Å². The van der Waals surface area contributed by atoms with Gasteiger partial charge in [0.25, 0.3) is 0 Å². The fourth-order valence-electron chi connectivity index (χ4n) is 0.324. The molecule has 3 nitrogen and oxygen atoms in total. The van der Waals surface area contributed by atoms with Crippen molar-refractivity contribution in [2.45, 2.75) is 13.8 Å². The summed E-state index contributed by atoms with van der Waals surface area (Å²) in [7, 11) is 0. The molecule has 0 aliphatic heterocycles. The summed E-state index contributed by atoms with van der Waals surface area (Å²) >= 11 is 0. The van der Waals surface area contributed by atoms with Crippen LogP contribution in [0.2, 0.25) is 0 Å². The van der Waals surface area contributed by atoms with Crippen molar-refractivity contribution >= 4 is 5.71 Å². The summed E-state index contributed by atoms with van der Waals surface area (Å²) in [6.45, 7) is 4.74. The summed E-state index contributed by atoms with van der Waals surface area (Å²) in [6, 6.07) is 0. The van der Waals surface area contributed by atoms with Crippen molar-refractivity contribution in [3.8, 4) is 0 Å². The molecule has 0 heterocycles. The van der Waals surface area contributed by atoms with Gasteiger partial charge in [-0.25, -0.2) is 0 Å². The molecule has 0 aromatic rings. The number of oxime groups is 1. The molecule has 0 saturated heterocycles. The van der Waals surface area contributed by atoms with Crippen LogP contribution in [0.1, 0.15) is 13.8 Å². The Labute approximate surface area is 61.5 Å². The van der Waals surface area contributed by atoms with Crippen LogP contribution in [0.25, 0.3) is 0 Å². The van der Waals surface area contributed by atoms with Gasteiger partial charge < -0.3 is 10.6 Å². The van der Waals surface area contributed by atoms with Crippen LogP contribution >= 0.6 is 0 Å². The van der Waals surface area contributed by atoms with E-state index in [0.29, 0.717) is 13.2 Å². The standard InChI is InChI=1S/C7H14N2O/c1-3-4-5-10-9-7(2)6-8/h3-4H,5-6,8H2,1-2H3. The molecule has 3 heteroatoms. The van der Waals surface area contributed by atoms with Crippen LogP contribution in [0.4, 0.5) is 0 Å². The number of nitrogens with two attached hydrogens (primary N) is 1. The zero-order valence-corrected chi connectivity index (χ0v) is 6.50. The predicted octanol–water partition coefficient (Wildman–Crippen LogP) is 0.914. The molecule has 0 aliphatic carbocycles. The topological polar surface area (TPSA) is 47.6 Å². The second kappa shape index (κ2) is 6.29. The second-order valence-electron chi connectivity index (χ2n) is 1.90. The molecular weight excluding hydrogens is 128 g/mol. The van der Waals surface area contributed by atoms with Gasteiger partial charge in [-0.05, 0) is 19.9 Å². The van der Waals surface area contributed by atoms with Gasteiger partial charge >= 0.3 is 0 Å². The van der Waals surface area contributed by atoms with Gasteiger partial charge in [-0.1, -0.05) is 11.2 Å². The van der Waals surface area contributed by atoms with E-state index < -0.39 is 0 Å². The number of nitrogens with zero attached hydrogens (tertiary/aromatic N) is 1. The smallest absolute Gasteiger partial charge is 0.135 e. The first-order valence-corrected chi connectivity index (χ1v) is 3.28. The highest BCUT2D eigenvalue weighted by Crippen LogP contribution is 1.80. The van der Waals surface area contributed by atoms with Gasteiger partial charge in [-0.3, -0.25) is 0 Å². The lowest BCUT2D eigenvalue weighted by Gasteiger charge is -1.94. The van der Waals surface area contributed by atoms with Crippen LogP contribution in [0.5, 0.6) is 0 Å². The molecule has 0 rings (SSSR count). The van der Waals surface area contributed by atoms with Crippen molar-refractivity contribution in [2.24, 2.45) is 10.9 Å². The third-order valence-electron chi connectivity index (χ3n) is 0.922. The van der Waals surface area contributed by atoms with Gasteiger partial charge in [-0.15, -0.1) is 0 Å². The largest absolute Gasteiger partial charge is 0.392 e. The van der Waals surface area contributed by atoms with Crippen molar-refractivity contribution in [3.63, 3.8) is 0 Å². The SMILES string of the molecule is CC=CCON=C(C)CN. The monoisotopic (exact) mass is 142 g/mol. The molecule has 0 atom stereocenters. The fraction of sp³-hybridized carbons (Fsp3) is 0.571. The number of hydrogen-bond acceptors (Lipinski definition) is 3. The average molecular weight is 142 g/mol. The third-order valence-corrected chi connectivity index (χ3v) is 0.922. The minimum absolute atomic E-state index is 0.454. The van der Waals surface area contributed by atoms with E-state index in [0.717, 1.165) is 5.71 Å². The molecule has 0 bridgehead atoms. The highest BCUT2D eigenvalue weighted by molar-refractivity contribution is 5.83. The minimum Gasteiger partial charge on any atom is -0.392 e. The number of allylic oxidation sites excluding steroid dienone is 1. The lowest BCUT2D eigenvalue weighted by molar-refractivity contribution is 0.174. The molecule has 0 amide bonds. The summed E-state index contributed by atoms with van der Waals surface area (Å²) in [5, 5.41) is 3.72. The summed E-state index contributed by atoms with van der Waals surface area (Å²) in [6.07, 6.45) is 3.79. The first kappa shape index (κ1) is 9.17. The Hall–Kier alpha value is -0.830. The molecule has 0 aliphatic rings. The van der Waals surface area contributed by atoms with Crippen LogP contribution in [0.15, 0.2) is 17.3 Å². The van der Waals surface area contributed by atoms with Gasteiger partial charge in [0.1, 0.15) is 6.61 Å². The van der Waals surface area contributed by atoms with Crippen molar-refractivity contribution in [1.29, 1.82) is 0 Å². The molecule has 0 spiro atoms. The Balaban J connectivity index is 3.33. The Morgan fingerprint density at radius 1 is 1.70 bits per heavy atom. The van der Waals surface area contributed by atoms with Crippen molar-refractivity contribution in [1.82, 2.24) is 0 Å². The van der Waals surface area contributed by atoms with E-state index in [9.17, 15) is 0 Å². The van der Waals surface area contributed by atoms with Gasteiger partial charge in [0, 0.05) is 6.54 Å². The number of rotatable bonds is 4. The van der Waals surface area contributed by atoms with Crippen molar-refractivity contribution in [2.75, 3.05) is 13.2 Å². The fourth-order valence-corrected chi connectivity index (χ4v) is 0.324. The first-order valence-electron chi connectivity index (χ1n) is 3.28. The minimum atomic E-state index is 0.454. The second-order valence-corrected chi connectivity index (χ2v) is 1.90. The van der Waals surface area contributed by atoms with Crippen molar-refractivity contribution in [3.05, 3.63) is 12.2 Å². The predicted molar refractivity (Wildman–Crippen MR) is 42.9 cm³/mol. The van der Waals surface area contributed by atoms with Gasteiger partial charge in [0.05, 0.1) is 5.71 Å². The maximum absolute atomic E-state index is 5.26. The van der Waals surface area contributed by atoms with Gasteiger partial charge in [-0.2, -0.15) is 0 Å². The lowest BCUT2D eigenvalue weighted by Crippen LogP contribution is -2.09. The molecular formula is C7H14N2O.